The van der Waals surface area contributed by atoms with Crippen molar-refractivity contribution in [2.24, 2.45) is 0 Å². The summed E-state index contributed by atoms with van der Waals surface area (Å²) in [6, 6.07) is 5.50. The standard InChI is InChI=1S/C14H16BrNO3/c1-18-13-6-9(15)2-5-12(13)14(17)16-7-10-3-4-11(8-16)19-10/h2,5-6,10-11H,3-4,7-8H2,1H3. The Balaban J connectivity index is 1.84. The van der Waals surface area contributed by atoms with Crippen molar-refractivity contribution >= 4 is 21.8 Å². The number of hydrogen-bond donors (Lipinski definition) is 0. The fourth-order valence-electron chi connectivity index (χ4n) is 2.79. The molecule has 102 valence electrons. The van der Waals surface area contributed by atoms with E-state index in [9.17, 15) is 4.79 Å². The predicted molar refractivity (Wildman–Crippen MR) is 74.5 cm³/mol. The Labute approximate surface area is 120 Å². The van der Waals surface area contributed by atoms with Crippen molar-refractivity contribution < 1.29 is 14.3 Å². The second-order valence-electron chi connectivity index (χ2n) is 5.01. The van der Waals surface area contributed by atoms with Gasteiger partial charge in [-0.2, -0.15) is 0 Å². The topological polar surface area (TPSA) is 38.8 Å². The lowest BCUT2D eigenvalue weighted by molar-refractivity contribution is -0.0304. The normalized spacial score (nSPS) is 25.5. The second kappa shape index (κ2) is 5.13. The number of methoxy groups -OCH3 is 1. The smallest absolute Gasteiger partial charge is 0.257 e. The van der Waals surface area contributed by atoms with Crippen LogP contribution >= 0.6 is 15.9 Å². The number of rotatable bonds is 2. The Morgan fingerprint density at radius 1 is 1.37 bits per heavy atom. The molecule has 3 rings (SSSR count). The molecule has 4 nitrogen and oxygen atoms in total. The Kier molecular flexibility index (Phi) is 3.50. The van der Waals surface area contributed by atoms with Crippen molar-refractivity contribution in [3.63, 3.8) is 0 Å². The maximum Gasteiger partial charge on any atom is 0.257 e. The average Bonchev–Trinajstić information content (AvgIpc) is 2.76. The van der Waals surface area contributed by atoms with Crippen LogP contribution in [0, 0.1) is 0 Å². The molecule has 2 atom stereocenters. The molecule has 1 aromatic rings. The quantitative estimate of drug-likeness (QED) is 0.838. The summed E-state index contributed by atoms with van der Waals surface area (Å²) >= 11 is 3.39. The van der Waals surface area contributed by atoms with E-state index in [2.05, 4.69) is 15.9 Å². The number of benzene rings is 1. The number of morpholine rings is 1. The lowest BCUT2D eigenvalue weighted by Gasteiger charge is -2.32. The molecule has 1 aromatic carbocycles. The maximum absolute atomic E-state index is 12.6. The highest BCUT2D eigenvalue weighted by Gasteiger charge is 2.36. The number of carbonyl (C=O) groups is 1. The first-order chi connectivity index (χ1) is 9.17. The van der Waals surface area contributed by atoms with Crippen molar-refractivity contribution in [1.29, 1.82) is 0 Å². The Hall–Kier alpha value is -1.07. The molecule has 2 saturated heterocycles. The number of carbonyl (C=O) groups excluding carboxylic acids is 1. The Morgan fingerprint density at radius 3 is 2.68 bits per heavy atom. The fraction of sp³-hybridized carbons (Fsp3) is 0.500. The molecule has 0 saturated carbocycles. The van der Waals surface area contributed by atoms with Gasteiger partial charge < -0.3 is 14.4 Å². The molecule has 0 aliphatic carbocycles. The zero-order valence-electron chi connectivity index (χ0n) is 10.8. The number of nitrogens with zero attached hydrogens (tertiary/aromatic N) is 1. The highest BCUT2D eigenvalue weighted by Crippen LogP contribution is 2.30. The first kappa shape index (κ1) is 12.9. The third kappa shape index (κ3) is 2.49. The number of halogens is 1. The monoisotopic (exact) mass is 325 g/mol. The molecule has 2 fully saturated rings. The lowest BCUT2D eigenvalue weighted by Crippen LogP contribution is -2.45. The van der Waals surface area contributed by atoms with Crippen LogP contribution in [-0.4, -0.2) is 43.2 Å². The molecule has 2 heterocycles. The van der Waals surface area contributed by atoms with Gasteiger partial charge in [0.05, 0.1) is 24.9 Å². The molecule has 5 heteroatoms. The minimum Gasteiger partial charge on any atom is -0.496 e. The first-order valence-electron chi connectivity index (χ1n) is 6.45. The van der Waals surface area contributed by atoms with Crippen LogP contribution in [0.3, 0.4) is 0 Å². The highest BCUT2D eigenvalue weighted by atomic mass is 79.9. The van der Waals surface area contributed by atoms with Crippen LogP contribution in [0.2, 0.25) is 0 Å². The molecule has 0 radical (unpaired) electrons. The number of amides is 1. The van der Waals surface area contributed by atoms with Crippen molar-refractivity contribution in [3.05, 3.63) is 28.2 Å². The van der Waals surface area contributed by atoms with Gasteiger partial charge in [-0.3, -0.25) is 4.79 Å². The van der Waals surface area contributed by atoms with E-state index < -0.39 is 0 Å². The number of likely N-dealkylation sites (tertiary alicyclic amines) is 1. The Bertz CT molecular complexity index is 493. The van der Waals surface area contributed by atoms with E-state index in [0.717, 1.165) is 17.3 Å². The van der Waals surface area contributed by atoms with E-state index in [4.69, 9.17) is 9.47 Å². The van der Waals surface area contributed by atoms with E-state index in [1.807, 2.05) is 23.1 Å². The summed E-state index contributed by atoms with van der Waals surface area (Å²) in [5, 5.41) is 0. The van der Waals surface area contributed by atoms with Crippen LogP contribution in [0.25, 0.3) is 0 Å². The minimum absolute atomic E-state index is 0.0320. The molecule has 2 bridgehead atoms. The summed E-state index contributed by atoms with van der Waals surface area (Å²) in [5.74, 6) is 0.641. The van der Waals surface area contributed by atoms with E-state index in [1.165, 1.54) is 0 Å². The van der Waals surface area contributed by atoms with Crippen LogP contribution in [0.5, 0.6) is 5.75 Å². The van der Waals surface area contributed by atoms with Crippen molar-refractivity contribution in [2.45, 2.75) is 25.0 Å². The lowest BCUT2D eigenvalue weighted by atomic mass is 10.1. The molecular weight excluding hydrogens is 310 g/mol. The summed E-state index contributed by atoms with van der Waals surface area (Å²) in [6.07, 6.45) is 2.55. The van der Waals surface area contributed by atoms with Crippen LogP contribution in [0.4, 0.5) is 0 Å². The molecule has 0 spiro atoms. The van der Waals surface area contributed by atoms with Crippen molar-refractivity contribution in [2.75, 3.05) is 20.2 Å². The molecule has 1 amide bonds. The summed E-state index contributed by atoms with van der Waals surface area (Å²) in [7, 11) is 1.58. The van der Waals surface area contributed by atoms with Gasteiger partial charge in [0.1, 0.15) is 5.75 Å². The highest BCUT2D eigenvalue weighted by molar-refractivity contribution is 9.10. The number of ether oxygens (including phenoxy) is 2. The van der Waals surface area contributed by atoms with Crippen LogP contribution in [-0.2, 0) is 4.74 Å². The van der Waals surface area contributed by atoms with Crippen LogP contribution < -0.4 is 4.74 Å². The summed E-state index contributed by atoms with van der Waals surface area (Å²) in [5.41, 5.74) is 0.618. The fourth-order valence-corrected chi connectivity index (χ4v) is 3.13. The van der Waals surface area contributed by atoms with Crippen molar-refractivity contribution in [3.8, 4) is 5.75 Å². The van der Waals surface area contributed by atoms with Crippen LogP contribution in [0.15, 0.2) is 22.7 Å². The molecule has 2 unspecified atom stereocenters. The van der Waals surface area contributed by atoms with Gasteiger partial charge in [0, 0.05) is 17.6 Å². The third-order valence-corrected chi connectivity index (χ3v) is 4.22. The largest absolute Gasteiger partial charge is 0.496 e. The van der Waals surface area contributed by atoms with Gasteiger partial charge in [-0.15, -0.1) is 0 Å². The minimum atomic E-state index is 0.0320. The second-order valence-corrected chi connectivity index (χ2v) is 5.93. The van der Waals surface area contributed by atoms with Crippen molar-refractivity contribution in [1.82, 2.24) is 4.90 Å². The zero-order valence-corrected chi connectivity index (χ0v) is 12.4. The van der Waals surface area contributed by atoms with Gasteiger partial charge in [-0.05, 0) is 31.0 Å². The third-order valence-electron chi connectivity index (χ3n) is 3.72. The van der Waals surface area contributed by atoms with Gasteiger partial charge in [-0.1, -0.05) is 15.9 Å². The zero-order chi connectivity index (χ0) is 13.4. The molecular formula is C14H16BrNO3. The van der Waals surface area contributed by atoms with Gasteiger partial charge in [0.25, 0.3) is 5.91 Å². The van der Waals surface area contributed by atoms with Gasteiger partial charge in [0.2, 0.25) is 0 Å². The van der Waals surface area contributed by atoms with Crippen LogP contribution in [0.1, 0.15) is 23.2 Å². The van der Waals surface area contributed by atoms with E-state index in [1.54, 1.807) is 7.11 Å². The average molecular weight is 326 g/mol. The SMILES string of the molecule is COc1cc(Br)ccc1C(=O)N1CC2CCC(C1)O2. The summed E-state index contributed by atoms with van der Waals surface area (Å²) in [4.78, 5) is 14.5. The first-order valence-corrected chi connectivity index (χ1v) is 7.25. The van der Waals surface area contributed by atoms with Gasteiger partial charge in [0.15, 0.2) is 0 Å². The summed E-state index contributed by atoms with van der Waals surface area (Å²) in [6.45, 7) is 1.38. The Morgan fingerprint density at radius 2 is 2.05 bits per heavy atom. The number of fused-ring (bicyclic) bond motifs is 2. The summed E-state index contributed by atoms with van der Waals surface area (Å²) < 4.78 is 12.0. The van der Waals surface area contributed by atoms with E-state index in [0.29, 0.717) is 24.4 Å². The van der Waals surface area contributed by atoms with Gasteiger partial charge >= 0.3 is 0 Å². The molecule has 2 aliphatic heterocycles. The maximum atomic E-state index is 12.6. The molecule has 0 N–H and O–H groups in total. The predicted octanol–water partition coefficient (Wildman–Crippen LogP) is 2.46. The van der Waals surface area contributed by atoms with Gasteiger partial charge in [-0.25, -0.2) is 0 Å². The van der Waals surface area contributed by atoms with E-state index in [-0.39, 0.29) is 18.1 Å². The molecule has 19 heavy (non-hydrogen) atoms. The molecule has 0 aromatic heterocycles. The molecule has 2 aliphatic rings. The van der Waals surface area contributed by atoms with E-state index >= 15 is 0 Å². The number of hydrogen-bond acceptors (Lipinski definition) is 3.